The van der Waals surface area contributed by atoms with Crippen LogP contribution in [0.2, 0.25) is 5.02 Å². The summed E-state index contributed by atoms with van der Waals surface area (Å²) in [6.07, 6.45) is 5.45. The molecular formula is C49H61ClN6O7. The highest BCUT2D eigenvalue weighted by atomic mass is 35.5. The fraction of sp³-hybridized carbons (Fsp3) is 0.531. The first-order valence-corrected chi connectivity index (χ1v) is 22.1. The minimum Gasteiger partial charge on any atom is -0.489 e. The minimum atomic E-state index is -0.935. The molecule has 1 saturated heterocycles. The molecule has 3 aromatic rings. The van der Waals surface area contributed by atoms with E-state index in [1.165, 1.54) is 11.1 Å². The van der Waals surface area contributed by atoms with Gasteiger partial charge in [-0.1, -0.05) is 85.0 Å². The molecule has 63 heavy (non-hydrogen) atoms. The molecule has 1 aliphatic carbocycles. The van der Waals surface area contributed by atoms with Crippen molar-refractivity contribution in [1.29, 1.82) is 10.5 Å². The smallest absolute Gasteiger partial charge is 0.251 e. The lowest BCUT2D eigenvalue weighted by Crippen LogP contribution is -2.74. The largest absolute Gasteiger partial charge is 0.489 e. The Balaban J connectivity index is 0.991. The number of carbonyl (C=O) groups excluding carboxylic acids is 4. The molecule has 0 spiro atoms. The number of hydrogen-bond acceptors (Lipinski definition) is 10. The first-order valence-electron chi connectivity index (χ1n) is 21.8. The van der Waals surface area contributed by atoms with Crippen LogP contribution in [0.25, 0.3) is 0 Å². The molecule has 1 aromatic heterocycles. The Labute approximate surface area is 376 Å². The highest BCUT2D eigenvalue weighted by Gasteiger charge is 2.64. The Bertz CT molecular complexity index is 2170. The second kappa shape index (κ2) is 20.9. The Kier molecular flexibility index (Phi) is 16.1. The first-order chi connectivity index (χ1) is 29.8. The summed E-state index contributed by atoms with van der Waals surface area (Å²) < 4.78 is 12.0. The van der Waals surface area contributed by atoms with Gasteiger partial charge in [-0.05, 0) is 73.1 Å². The third-order valence-electron chi connectivity index (χ3n) is 12.3. The maximum Gasteiger partial charge on any atom is 0.251 e. The van der Waals surface area contributed by atoms with Gasteiger partial charge in [-0.15, -0.1) is 0 Å². The Morgan fingerprint density at radius 2 is 1.65 bits per heavy atom. The summed E-state index contributed by atoms with van der Waals surface area (Å²) in [5.41, 5.74) is 1.79. The number of aromatic nitrogens is 1. The zero-order valence-electron chi connectivity index (χ0n) is 37.5. The topological polar surface area (TPSA) is 195 Å². The van der Waals surface area contributed by atoms with E-state index in [1.807, 2.05) is 51.1 Å². The molecule has 1 saturated carbocycles. The number of carbonyl (C=O) groups is 4. The molecular weight excluding hydrogens is 820 g/mol. The van der Waals surface area contributed by atoms with Crippen molar-refractivity contribution < 1.29 is 33.8 Å². The molecule has 3 atom stereocenters. The second-order valence-electron chi connectivity index (χ2n) is 19.1. The van der Waals surface area contributed by atoms with Gasteiger partial charge in [0.25, 0.3) is 5.91 Å². The van der Waals surface area contributed by atoms with Crippen LogP contribution in [0, 0.1) is 38.9 Å². The van der Waals surface area contributed by atoms with E-state index in [-0.39, 0.29) is 60.7 Å². The number of nitrogens with one attached hydrogen (secondary N) is 2. The van der Waals surface area contributed by atoms with Crippen LogP contribution in [0.1, 0.15) is 120 Å². The van der Waals surface area contributed by atoms with Crippen LogP contribution in [0.15, 0.2) is 60.8 Å². The first kappa shape index (κ1) is 48.7. The van der Waals surface area contributed by atoms with E-state index in [4.69, 9.17) is 26.3 Å². The van der Waals surface area contributed by atoms with Crippen LogP contribution in [-0.2, 0) is 32.0 Å². The fourth-order valence-electron chi connectivity index (χ4n) is 9.12. The van der Waals surface area contributed by atoms with Crippen LogP contribution in [0.3, 0.4) is 0 Å². The zero-order valence-corrected chi connectivity index (χ0v) is 38.3. The lowest BCUT2D eigenvalue weighted by atomic mass is 9.49. The van der Waals surface area contributed by atoms with Crippen molar-refractivity contribution in [3.63, 3.8) is 0 Å². The van der Waals surface area contributed by atoms with Crippen molar-refractivity contribution in [3.05, 3.63) is 93.8 Å². The highest BCUT2D eigenvalue weighted by molar-refractivity contribution is 6.31. The number of benzene rings is 2. The lowest BCUT2D eigenvalue weighted by Gasteiger charge is -2.63. The quantitative estimate of drug-likeness (QED) is 0.107. The molecule has 2 fully saturated rings. The van der Waals surface area contributed by atoms with Gasteiger partial charge < -0.3 is 30.1 Å². The number of aliphatic hydroxyl groups excluding tert-OH is 1. The summed E-state index contributed by atoms with van der Waals surface area (Å²) in [5.74, 6) is -0.603. The third kappa shape index (κ3) is 12.2. The van der Waals surface area contributed by atoms with E-state index in [9.17, 15) is 29.5 Å². The molecule has 2 aromatic carbocycles. The maximum atomic E-state index is 13.9. The highest BCUT2D eigenvalue weighted by Crippen LogP contribution is 2.55. The van der Waals surface area contributed by atoms with Gasteiger partial charge in [0.1, 0.15) is 36.6 Å². The molecule has 336 valence electrons. The molecule has 0 unspecified atom stereocenters. The average molecular weight is 882 g/mol. The van der Waals surface area contributed by atoms with Crippen LogP contribution in [0.5, 0.6) is 5.75 Å². The molecule has 0 radical (unpaired) electrons. The number of likely N-dealkylation sites (tertiary alicyclic amines) is 1. The van der Waals surface area contributed by atoms with Gasteiger partial charge >= 0.3 is 0 Å². The molecule has 1 aliphatic heterocycles. The standard InChI is InChI=1S/C49H61ClN6O7/c1-47(2,3)42(44(61)56-29-36(57)24-39(56)40(58)22-20-35-19-15-32(26-51)28-53-35)54-41(59)30-62-23-11-9-8-10-12-31-13-16-33(17-14-31)43(60)55-45-48(4,5)46(49(45,6)7)63-37-21-18-34(27-52)38(50)25-37/h13-19,21,25,28,36,39,42,45-46,57H,8-12,20,22-24,29-30H2,1-7H3,(H,54,59)(H,55,60)/t36-,39+,42-,45?,46?/m1/s1. The number of amides is 3. The van der Waals surface area contributed by atoms with Crippen LogP contribution >= 0.6 is 11.6 Å². The second-order valence-corrected chi connectivity index (χ2v) is 19.5. The number of halogens is 1. The number of aryl methyl sites for hydroxylation is 2. The van der Waals surface area contributed by atoms with Crippen molar-refractivity contribution in [2.45, 2.75) is 130 Å². The van der Waals surface area contributed by atoms with Gasteiger partial charge in [0.15, 0.2) is 5.78 Å². The molecule has 3 N–H and O–H groups in total. The van der Waals surface area contributed by atoms with E-state index >= 15 is 0 Å². The summed E-state index contributed by atoms with van der Waals surface area (Å²) in [7, 11) is 0. The summed E-state index contributed by atoms with van der Waals surface area (Å²) in [6, 6.07) is 18.3. The Morgan fingerprint density at radius 1 is 0.952 bits per heavy atom. The van der Waals surface area contributed by atoms with E-state index < -0.39 is 35.4 Å². The van der Waals surface area contributed by atoms with Crippen molar-refractivity contribution in [1.82, 2.24) is 20.5 Å². The number of hydrogen-bond donors (Lipinski definition) is 3. The number of β-amino-alcohol motifs (C(OH)–C–C–N with tert-alkyl or cyclic N) is 1. The summed E-state index contributed by atoms with van der Waals surface area (Å²) >= 11 is 6.23. The van der Waals surface area contributed by atoms with Crippen molar-refractivity contribution in [2.75, 3.05) is 19.8 Å². The van der Waals surface area contributed by atoms with Gasteiger partial charge in [0, 0.05) is 66.4 Å². The monoisotopic (exact) mass is 880 g/mol. The Hall–Kier alpha value is -5.34. The van der Waals surface area contributed by atoms with Gasteiger partial charge in [0.2, 0.25) is 11.8 Å². The van der Waals surface area contributed by atoms with E-state index in [2.05, 4.69) is 49.4 Å². The summed E-state index contributed by atoms with van der Waals surface area (Å²) in [5, 5.41) is 35.1. The van der Waals surface area contributed by atoms with Crippen molar-refractivity contribution >= 4 is 35.1 Å². The van der Waals surface area contributed by atoms with Crippen LogP contribution in [-0.4, -0.2) is 88.6 Å². The number of nitrogens with zero attached hydrogens (tertiary/aromatic N) is 4. The van der Waals surface area contributed by atoms with Crippen molar-refractivity contribution in [2.24, 2.45) is 16.2 Å². The lowest BCUT2D eigenvalue weighted by molar-refractivity contribution is -0.164. The molecule has 3 amide bonds. The predicted molar refractivity (Wildman–Crippen MR) is 239 cm³/mol. The average Bonchev–Trinajstić information content (AvgIpc) is 3.65. The van der Waals surface area contributed by atoms with Gasteiger partial charge in [0.05, 0.1) is 28.3 Å². The molecule has 0 bridgehead atoms. The van der Waals surface area contributed by atoms with Crippen LogP contribution < -0.4 is 15.4 Å². The van der Waals surface area contributed by atoms with E-state index in [0.717, 1.165) is 37.7 Å². The van der Waals surface area contributed by atoms with E-state index in [0.29, 0.717) is 46.2 Å². The van der Waals surface area contributed by atoms with Crippen LogP contribution in [0.4, 0.5) is 0 Å². The summed E-state index contributed by atoms with van der Waals surface area (Å²) in [6.45, 7) is 14.0. The number of rotatable bonds is 19. The van der Waals surface area contributed by atoms with Gasteiger partial charge in [-0.25, -0.2) is 0 Å². The molecule has 14 heteroatoms. The molecule has 13 nitrogen and oxygen atoms in total. The van der Waals surface area contributed by atoms with E-state index in [1.54, 1.807) is 30.3 Å². The maximum absolute atomic E-state index is 13.9. The number of aliphatic hydroxyl groups is 1. The number of pyridine rings is 1. The zero-order chi connectivity index (χ0) is 46.1. The predicted octanol–water partition coefficient (Wildman–Crippen LogP) is 6.90. The third-order valence-corrected chi connectivity index (χ3v) is 12.6. The number of unbranched alkanes of at least 4 members (excludes halogenated alkanes) is 3. The molecule has 2 heterocycles. The fourth-order valence-corrected chi connectivity index (χ4v) is 9.33. The molecule has 2 aliphatic rings. The normalized spacial score (nSPS) is 20.4. The number of ether oxygens (including phenoxy) is 2. The summed E-state index contributed by atoms with van der Waals surface area (Å²) in [4.78, 5) is 59.1. The van der Waals surface area contributed by atoms with Crippen molar-refractivity contribution in [3.8, 4) is 17.9 Å². The number of Topliss-reactive ketones (excluding diaryl/α,β-unsaturated/α-hetero) is 1. The van der Waals surface area contributed by atoms with Gasteiger partial charge in [-0.3, -0.25) is 24.2 Å². The number of nitriles is 2. The number of ketones is 1. The Morgan fingerprint density at radius 3 is 2.27 bits per heavy atom. The SMILES string of the molecule is CC1(C)C(NC(=O)c2ccc(CCCCCCOCC(=O)N[C@H](C(=O)N3C[C@H](O)C[C@H]3C(=O)CCc3ccc(C#N)cn3)C(C)(C)C)cc2)C(C)(C)C1Oc1ccc(C#N)c(Cl)c1. The van der Waals surface area contributed by atoms with Gasteiger partial charge in [-0.2, -0.15) is 10.5 Å². The molecule has 5 rings (SSSR count). The minimum absolute atomic E-state index is 0.00169.